The van der Waals surface area contributed by atoms with Crippen LogP contribution in [0.25, 0.3) is 0 Å². The number of primary amides is 1. The average molecular weight is 190 g/mol. The summed E-state index contributed by atoms with van der Waals surface area (Å²) < 4.78 is 28.7. The fraction of sp³-hybridized carbons (Fsp3) is 0.429. The van der Waals surface area contributed by atoms with Crippen molar-refractivity contribution in [1.29, 1.82) is 0 Å². The lowest BCUT2D eigenvalue weighted by atomic mass is 10.1. The van der Waals surface area contributed by atoms with Crippen LogP contribution in [0.3, 0.4) is 0 Å². The number of hydrogen-bond donors (Lipinski definition) is 1. The summed E-state index contributed by atoms with van der Waals surface area (Å²) in [6.45, 7) is 1.62. The maximum atomic E-state index is 12.2. The van der Waals surface area contributed by atoms with Gasteiger partial charge in [-0.2, -0.15) is 0 Å². The zero-order valence-corrected chi connectivity index (χ0v) is 6.88. The number of alkyl halides is 2. The van der Waals surface area contributed by atoms with Crippen molar-refractivity contribution in [1.82, 2.24) is 5.16 Å². The van der Waals surface area contributed by atoms with Gasteiger partial charge in [-0.1, -0.05) is 12.1 Å². The molecule has 0 unspecified atom stereocenters. The molecule has 0 aliphatic carbocycles. The zero-order chi connectivity index (χ0) is 10.0. The summed E-state index contributed by atoms with van der Waals surface area (Å²) in [6, 6.07) is 0. The van der Waals surface area contributed by atoms with Gasteiger partial charge in [0.1, 0.15) is 0 Å². The second kappa shape index (κ2) is 3.51. The van der Waals surface area contributed by atoms with Crippen molar-refractivity contribution >= 4 is 5.91 Å². The summed E-state index contributed by atoms with van der Waals surface area (Å²) in [5, 5.41) is 3.18. The Kier molecular flexibility index (Phi) is 2.60. The van der Waals surface area contributed by atoms with Gasteiger partial charge in [-0.3, -0.25) is 4.79 Å². The summed E-state index contributed by atoms with van der Waals surface area (Å²) in [5.74, 6) is -1.43. The largest absolute Gasteiger partial charge is 0.364 e. The Morgan fingerprint density at radius 3 is 2.69 bits per heavy atom. The molecule has 0 saturated carbocycles. The lowest BCUT2D eigenvalue weighted by Crippen LogP contribution is -2.13. The van der Waals surface area contributed by atoms with Crippen LogP contribution in [0, 0.1) is 0 Å². The van der Waals surface area contributed by atoms with E-state index in [4.69, 9.17) is 5.73 Å². The van der Waals surface area contributed by atoms with Crippen LogP contribution < -0.4 is 5.73 Å². The average Bonchev–Trinajstić information content (AvgIpc) is 2.46. The molecule has 0 saturated heterocycles. The molecular formula is C7H8F2N2O2. The Morgan fingerprint density at radius 2 is 2.31 bits per heavy atom. The first-order valence-electron chi connectivity index (χ1n) is 3.64. The minimum atomic E-state index is -2.77. The summed E-state index contributed by atoms with van der Waals surface area (Å²) in [7, 11) is 0. The predicted octanol–water partition coefficient (Wildman–Crippen LogP) is 1.27. The molecule has 0 spiro atoms. The Hall–Kier alpha value is -1.46. The number of aromatic nitrogens is 1. The van der Waals surface area contributed by atoms with Crippen molar-refractivity contribution in [3.8, 4) is 0 Å². The maximum absolute atomic E-state index is 12.2. The smallest absolute Gasteiger partial charge is 0.298 e. The Morgan fingerprint density at radius 1 is 1.69 bits per heavy atom. The summed E-state index contributed by atoms with van der Waals surface area (Å²) in [4.78, 5) is 10.7. The van der Waals surface area contributed by atoms with E-state index in [1.54, 1.807) is 6.92 Å². The molecule has 0 bridgehead atoms. The first-order valence-corrected chi connectivity index (χ1v) is 3.64. The van der Waals surface area contributed by atoms with Crippen LogP contribution in [0.15, 0.2) is 4.52 Å². The normalized spacial score (nSPS) is 10.8. The van der Waals surface area contributed by atoms with Gasteiger partial charge >= 0.3 is 0 Å². The molecule has 13 heavy (non-hydrogen) atoms. The molecule has 0 aliphatic heterocycles. The van der Waals surface area contributed by atoms with Gasteiger partial charge < -0.3 is 10.3 Å². The Bertz CT molecular complexity index is 322. The molecule has 0 aromatic carbocycles. The lowest BCUT2D eigenvalue weighted by molar-refractivity contribution is 0.0984. The van der Waals surface area contributed by atoms with Gasteiger partial charge in [-0.25, -0.2) is 8.78 Å². The monoisotopic (exact) mass is 190 g/mol. The van der Waals surface area contributed by atoms with Gasteiger partial charge in [0.25, 0.3) is 12.3 Å². The second-order valence-corrected chi connectivity index (χ2v) is 2.39. The molecule has 1 aromatic rings. The van der Waals surface area contributed by atoms with Gasteiger partial charge in [0.2, 0.25) is 5.76 Å². The highest BCUT2D eigenvalue weighted by atomic mass is 19.3. The molecule has 1 aromatic heterocycles. The Labute approximate surface area is 72.7 Å². The van der Waals surface area contributed by atoms with Crippen molar-refractivity contribution < 1.29 is 18.1 Å². The van der Waals surface area contributed by atoms with Gasteiger partial charge in [0, 0.05) is 5.56 Å². The van der Waals surface area contributed by atoms with Crippen LogP contribution in [0.2, 0.25) is 0 Å². The number of halogens is 2. The van der Waals surface area contributed by atoms with E-state index < -0.39 is 18.1 Å². The highest BCUT2D eigenvalue weighted by molar-refractivity contribution is 5.92. The third-order valence-electron chi connectivity index (χ3n) is 1.60. The summed E-state index contributed by atoms with van der Waals surface area (Å²) in [5.41, 5.74) is 4.77. The fourth-order valence-corrected chi connectivity index (χ4v) is 1.03. The molecule has 0 atom stereocenters. The molecule has 1 amide bonds. The zero-order valence-electron chi connectivity index (χ0n) is 6.88. The molecule has 0 radical (unpaired) electrons. The fourth-order valence-electron chi connectivity index (χ4n) is 1.03. The number of carbonyl (C=O) groups is 1. The van der Waals surface area contributed by atoms with E-state index in [0.29, 0.717) is 0 Å². The molecule has 1 rings (SSSR count). The van der Waals surface area contributed by atoms with E-state index in [9.17, 15) is 13.6 Å². The summed E-state index contributed by atoms with van der Waals surface area (Å²) in [6.07, 6.45) is -2.53. The summed E-state index contributed by atoms with van der Waals surface area (Å²) >= 11 is 0. The number of rotatable bonds is 3. The Balaban J connectivity index is 3.18. The number of amides is 1. The van der Waals surface area contributed by atoms with E-state index in [-0.39, 0.29) is 17.7 Å². The van der Waals surface area contributed by atoms with Crippen molar-refractivity contribution in [3.63, 3.8) is 0 Å². The van der Waals surface area contributed by atoms with Gasteiger partial charge in [0.15, 0.2) is 5.69 Å². The molecule has 4 nitrogen and oxygen atoms in total. The topological polar surface area (TPSA) is 69.1 Å². The van der Waals surface area contributed by atoms with Gasteiger partial charge in [-0.05, 0) is 6.42 Å². The van der Waals surface area contributed by atoms with E-state index in [1.165, 1.54) is 0 Å². The van der Waals surface area contributed by atoms with E-state index in [1.807, 2.05) is 0 Å². The van der Waals surface area contributed by atoms with Crippen LogP contribution in [0.1, 0.15) is 35.2 Å². The second-order valence-electron chi connectivity index (χ2n) is 2.39. The standard InChI is InChI=1S/C7H8F2N2O2/c1-2-3-4(7(10)12)11-13-5(3)6(8)9/h6H,2H2,1H3,(H2,10,12). The third kappa shape index (κ3) is 1.66. The molecule has 6 heteroatoms. The highest BCUT2D eigenvalue weighted by Gasteiger charge is 2.24. The highest BCUT2D eigenvalue weighted by Crippen LogP contribution is 2.25. The van der Waals surface area contributed by atoms with E-state index >= 15 is 0 Å². The number of nitrogens with two attached hydrogens (primary N) is 1. The van der Waals surface area contributed by atoms with Crippen LogP contribution in [-0.2, 0) is 6.42 Å². The van der Waals surface area contributed by atoms with Crippen molar-refractivity contribution in [2.24, 2.45) is 5.73 Å². The SMILES string of the molecule is CCc1c(C(N)=O)noc1C(F)F. The lowest BCUT2D eigenvalue weighted by Gasteiger charge is -1.96. The van der Waals surface area contributed by atoms with Crippen LogP contribution >= 0.6 is 0 Å². The van der Waals surface area contributed by atoms with Gasteiger partial charge in [0.05, 0.1) is 0 Å². The van der Waals surface area contributed by atoms with Crippen LogP contribution in [0.4, 0.5) is 8.78 Å². The minimum Gasteiger partial charge on any atom is -0.364 e. The molecule has 2 N–H and O–H groups in total. The van der Waals surface area contributed by atoms with Crippen molar-refractivity contribution in [2.75, 3.05) is 0 Å². The van der Waals surface area contributed by atoms with Crippen LogP contribution in [0.5, 0.6) is 0 Å². The first-order chi connectivity index (χ1) is 6.07. The molecule has 72 valence electrons. The number of nitrogens with zero attached hydrogens (tertiary/aromatic N) is 1. The van der Waals surface area contributed by atoms with E-state index in [0.717, 1.165) is 0 Å². The van der Waals surface area contributed by atoms with E-state index in [2.05, 4.69) is 9.68 Å². The quantitative estimate of drug-likeness (QED) is 0.780. The minimum absolute atomic E-state index is 0.0856. The molecule has 1 heterocycles. The van der Waals surface area contributed by atoms with Crippen molar-refractivity contribution in [2.45, 2.75) is 19.8 Å². The third-order valence-corrected chi connectivity index (χ3v) is 1.60. The molecule has 0 fully saturated rings. The maximum Gasteiger partial charge on any atom is 0.298 e. The van der Waals surface area contributed by atoms with Crippen LogP contribution in [-0.4, -0.2) is 11.1 Å². The first kappa shape index (κ1) is 9.63. The predicted molar refractivity (Wildman–Crippen MR) is 39.4 cm³/mol. The number of hydrogen-bond acceptors (Lipinski definition) is 3. The van der Waals surface area contributed by atoms with Gasteiger partial charge in [-0.15, -0.1) is 0 Å². The molecule has 0 aliphatic rings. The molecular weight excluding hydrogens is 182 g/mol. The number of carbonyl (C=O) groups excluding carboxylic acids is 1. The van der Waals surface area contributed by atoms with Crippen molar-refractivity contribution in [3.05, 3.63) is 17.0 Å².